The second-order valence-electron chi connectivity index (χ2n) is 4.63. The maximum Gasteiger partial charge on any atom is 0.123 e. The molecule has 0 bridgehead atoms. The van der Waals surface area contributed by atoms with Crippen molar-refractivity contribution in [2.75, 3.05) is 0 Å². The van der Waals surface area contributed by atoms with E-state index in [1.807, 2.05) is 32.9 Å². The smallest absolute Gasteiger partial charge is 0.123 e. The van der Waals surface area contributed by atoms with E-state index in [0.29, 0.717) is 6.61 Å². The van der Waals surface area contributed by atoms with Crippen LogP contribution in [0.1, 0.15) is 22.3 Å². The topological polar surface area (TPSA) is 9.23 Å². The minimum atomic E-state index is -0.222. The van der Waals surface area contributed by atoms with E-state index in [-0.39, 0.29) is 5.82 Å². The molecule has 0 radical (unpaired) electrons. The van der Waals surface area contributed by atoms with Crippen LogP contribution < -0.4 is 4.74 Å². The Morgan fingerprint density at radius 3 is 2.44 bits per heavy atom. The molecule has 0 aliphatic rings. The number of hydrogen-bond donors (Lipinski definition) is 0. The van der Waals surface area contributed by atoms with Crippen LogP contribution in [-0.2, 0) is 6.61 Å². The largest absolute Gasteiger partial charge is 0.489 e. The van der Waals surface area contributed by atoms with Crippen LogP contribution in [0, 0.1) is 26.6 Å². The van der Waals surface area contributed by atoms with Crippen LogP contribution in [-0.4, -0.2) is 0 Å². The van der Waals surface area contributed by atoms with Gasteiger partial charge in [0.25, 0.3) is 0 Å². The van der Waals surface area contributed by atoms with E-state index < -0.39 is 0 Å². The number of halogens is 1. The average Bonchev–Trinajstić information content (AvgIpc) is 2.32. The number of benzene rings is 2. The summed E-state index contributed by atoms with van der Waals surface area (Å²) >= 11 is 0. The van der Waals surface area contributed by atoms with Gasteiger partial charge < -0.3 is 4.74 Å². The molecular weight excluding hydrogens is 227 g/mol. The van der Waals surface area contributed by atoms with Gasteiger partial charge in [0.1, 0.15) is 18.2 Å². The van der Waals surface area contributed by atoms with Gasteiger partial charge in [0.2, 0.25) is 0 Å². The third kappa shape index (κ3) is 2.89. The maximum atomic E-state index is 13.1. The highest BCUT2D eigenvalue weighted by Crippen LogP contribution is 2.21. The van der Waals surface area contributed by atoms with Gasteiger partial charge in [-0.25, -0.2) is 4.39 Å². The van der Waals surface area contributed by atoms with Gasteiger partial charge in [0.15, 0.2) is 0 Å². The Morgan fingerprint density at radius 1 is 0.944 bits per heavy atom. The molecule has 0 aromatic heterocycles. The Morgan fingerprint density at radius 2 is 1.72 bits per heavy atom. The summed E-state index contributed by atoms with van der Waals surface area (Å²) in [6.07, 6.45) is 0. The van der Waals surface area contributed by atoms with Crippen molar-refractivity contribution in [2.45, 2.75) is 27.4 Å². The summed E-state index contributed by atoms with van der Waals surface area (Å²) in [6.45, 7) is 6.42. The molecule has 0 fully saturated rings. The van der Waals surface area contributed by atoms with Gasteiger partial charge in [0, 0.05) is 0 Å². The molecule has 2 rings (SSSR count). The molecule has 18 heavy (non-hydrogen) atoms. The molecule has 0 N–H and O–H groups in total. The van der Waals surface area contributed by atoms with E-state index in [0.717, 1.165) is 22.4 Å². The number of hydrogen-bond acceptors (Lipinski definition) is 1. The minimum Gasteiger partial charge on any atom is -0.489 e. The molecule has 0 saturated heterocycles. The summed E-state index contributed by atoms with van der Waals surface area (Å²) in [6, 6.07) is 10.8. The van der Waals surface area contributed by atoms with E-state index in [2.05, 4.69) is 6.07 Å². The Labute approximate surface area is 107 Å². The molecule has 0 aliphatic heterocycles. The van der Waals surface area contributed by atoms with Gasteiger partial charge in [-0.05, 0) is 55.7 Å². The van der Waals surface area contributed by atoms with Crippen LogP contribution >= 0.6 is 0 Å². The summed E-state index contributed by atoms with van der Waals surface area (Å²) in [5.74, 6) is 0.629. The second-order valence-corrected chi connectivity index (χ2v) is 4.63. The molecule has 1 nitrogen and oxygen atoms in total. The fraction of sp³-hybridized carbons (Fsp3) is 0.250. The summed E-state index contributed by atoms with van der Waals surface area (Å²) in [5.41, 5.74) is 4.24. The van der Waals surface area contributed by atoms with Crippen molar-refractivity contribution < 1.29 is 9.13 Å². The highest BCUT2D eigenvalue weighted by molar-refractivity contribution is 5.36. The quantitative estimate of drug-likeness (QED) is 0.780. The molecular formula is C16H17FO. The molecule has 94 valence electrons. The van der Waals surface area contributed by atoms with Crippen LogP contribution in [0.3, 0.4) is 0 Å². The minimum absolute atomic E-state index is 0.222. The van der Waals surface area contributed by atoms with Crippen LogP contribution in [0.4, 0.5) is 4.39 Å². The monoisotopic (exact) mass is 244 g/mol. The molecule has 0 saturated carbocycles. The Bertz CT molecular complexity index is 561. The van der Waals surface area contributed by atoms with Crippen molar-refractivity contribution in [1.82, 2.24) is 0 Å². The second kappa shape index (κ2) is 5.21. The lowest BCUT2D eigenvalue weighted by molar-refractivity contribution is 0.302. The van der Waals surface area contributed by atoms with E-state index >= 15 is 0 Å². The first kappa shape index (κ1) is 12.6. The molecule has 0 heterocycles. The summed E-state index contributed by atoms with van der Waals surface area (Å²) in [7, 11) is 0. The normalized spacial score (nSPS) is 10.4. The van der Waals surface area contributed by atoms with Crippen molar-refractivity contribution in [1.29, 1.82) is 0 Å². The summed E-state index contributed by atoms with van der Waals surface area (Å²) < 4.78 is 18.9. The molecule has 0 unspecified atom stereocenters. The molecule has 2 heteroatoms. The lowest BCUT2D eigenvalue weighted by Gasteiger charge is -2.11. The fourth-order valence-electron chi connectivity index (χ4n) is 1.91. The van der Waals surface area contributed by atoms with Gasteiger partial charge in [-0.15, -0.1) is 0 Å². The summed E-state index contributed by atoms with van der Waals surface area (Å²) in [5, 5.41) is 0. The lowest BCUT2D eigenvalue weighted by atomic mass is 10.1. The lowest BCUT2D eigenvalue weighted by Crippen LogP contribution is -2.00. The fourth-order valence-corrected chi connectivity index (χ4v) is 1.91. The van der Waals surface area contributed by atoms with E-state index in [4.69, 9.17) is 4.74 Å². The van der Waals surface area contributed by atoms with Gasteiger partial charge in [-0.1, -0.05) is 23.8 Å². The predicted octanol–water partition coefficient (Wildman–Crippen LogP) is 4.33. The van der Waals surface area contributed by atoms with Gasteiger partial charge >= 0.3 is 0 Å². The van der Waals surface area contributed by atoms with Crippen molar-refractivity contribution in [3.63, 3.8) is 0 Å². The first-order valence-corrected chi connectivity index (χ1v) is 6.01. The standard InChI is InChI=1S/C16H17FO/c1-11-4-7-16(13(3)8-11)18-10-14-9-15(17)6-5-12(14)2/h4-9H,10H2,1-3H3. The summed E-state index contributed by atoms with van der Waals surface area (Å²) in [4.78, 5) is 0. The first-order valence-electron chi connectivity index (χ1n) is 6.01. The zero-order valence-corrected chi connectivity index (χ0v) is 11.0. The number of aryl methyl sites for hydroxylation is 3. The predicted molar refractivity (Wildman–Crippen MR) is 71.4 cm³/mol. The Balaban J connectivity index is 2.13. The average molecular weight is 244 g/mol. The highest BCUT2D eigenvalue weighted by atomic mass is 19.1. The third-order valence-electron chi connectivity index (χ3n) is 3.02. The Kier molecular flexibility index (Phi) is 3.66. The van der Waals surface area contributed by atoms with Gasteiger partial charge in [-0.3, -0.25) is 0 Å². The van der Waals surface area contributed by atoms with Crippen molar-refractivity contribution >= 4 is 0 Å². The van der Waals surface area contributed by atoms with Crippen molar-refractivity contribution in [2.24, 2.45) is 0 Å². The molecule has 0 spiro atoms. The van der Waals surface area contributed by atoms with Crippen LogP contribution in [0.15, 0.2) is 36.4 Å². The molecule has 2 aromatic carbocycles. The molecule has 0 aliphatic carbocycles. The first-order chi connectivity index (χ1) is 8.56. The van der Waals surface area contributed by atoms with Gasteiger partial charge in [0.05, 0.1) is 0 Å². The van der Waals surface area contributed by atoms with Crippen molar-refractivity contribution in [3.8, 4) is 5.75 Å². The van der Waals surface area contributed by atoms with Crippen LogP contribution in [0.2, 0.25) is 0 Å². The zero-order valence-electron chi connectivity index (χ0n) is 11.0. The highest BCUT2D eigenvalue weighted by Gasteiger charge is 2.04. The number of rotatable bonds is 3. The maximum absolute atomic E-state index is 13.1. The molecule has 2 aromatic rings. The van der Waals surface area contributed by atoms with Crippen molar-refractivity contribution in [3.05, 3.63) is 64.5 Å². The van der Waals surface area contributed by atoms with Gasteiger partial charge in [-0.2, -0.15) is 0 Å². The third-order valence-corrected chi connectivity index (χ3v) is 3.02. The molecule has 0 atom stereocenters. The van der Waals surface area contributed by atoms with Crippen LogP contribution in [0.25, 0.3) is 0 Å². The number of ether oxygens (including phenoxy) is 1. The van der Waals surface area contributed by atoms with Crippen LogP contribution in [0.5, 0.6) is 5.75 Å². The van der Waals surface area contributed by atoms with E-state index in [1.54, 1.807) is 6.07 Å². The van der Waals surface area contributed by atoms with E-state index in [9.17, 15) is 4.39 Å². The Hall–Kier alpha value is -1.83. The van der Waals surface area contributed by atoms with E-state index in [1.165, 1.54) is 17.7 Å². The molecule has 0 amide bonds. The zero-order chi connectivity index (χ0) is 13.1. The SMILES string of the molecule is Cc1ccc(OCc2cc(F)ccc2C)c(C)c1.